The first-order valence-corrected chi connectivity index (χ1v) is 20.1. The van der Waals surface area contributed by atoms with Gasteiger partial charge in [-0.05, 0) is 73.6 Å². The highest BCUT2D eigenvalue weighted by Gasteiger charge is 2.54. The van der Waals surface area contributed by atoms with E-state index >= 15 is 4.79 Å². The zero-order chi connectivity index (χ0) is 36.9. The van der Waals surface area contributed by atoms with Crippen LogP contribution in [0.15, 0.2) is 120 Å². The summed E-state index contributed by atoms with van der Waals surface area (Å²) in [5, 5.41) is 11.7. The second kappa shape index (κ2) is 15.6. The van der Waals surface area contributed by atoms with E-state index < -0.39 is 36.8 Å². The number of hydrogen-bond acceptors (Lipinski definition) is 6. The normalized spacial score (nSPS) is 17.1. The molecule has 0 aromatic heterocycles. The van der Waals surface area contributed by atoms with Crippen molar-refractivity contribution in [3.63, 3.8) is 0 Å². The van der Waals surface area contributed by atoms with E-state index in [0.29, 0.717) is 30.0 Å². The number of alkyl carbamates (subject to hydrolysis) is 1. The molecule has 0 aliphatic carbocycles. The Balaban J connectivity index is 1.57. The van der Waals surface area contributed by atoms with E-state index in [0.717, 1.165) is 15.9 Å². The summed E-state index contributed by atoms with van der Waals surface area (Å²) in [5.74, 6) is -0.707. The molecule has 5 rings (SSSR count). The van der Waals surface area contributed by atoms with Gasteiger partial charge in [0.2, 0.25) is 0 Å². The minimum absolute atomic E-state index is 0.314. The zero-order valence-electron chi connectivity index (χ0n) is 30.5. The third-order valence-electron chi connectivity index (χ3n) is 8.78. The second-order valence-corrected chi connectivity index (χ2v) is 20.3. The molecule has 4 aromatic rings. The van der Waals surface area contributed by atoms with E-state index in [1.165, 1.54) is 23.9 Å². The summed E-state index contributed by atoms with van der Waals surface area (Å²) < 4.78 is 27.3. The number of rotatable bonds is 11. The molecular formula is C41H48FN3O4SSi. The number of hydrogen-bond donors (Lipinski definition) is 1. The topological polar surface area (TPSA) is 80.2 Å². The Kier molecular flexibility index (Phi) is 11.6. The predicted octanol–water partition coefficient (Wildman–Crippen LogP) is 8.19. The van der Waals surface area contributed by atoms with Gasteiger partial charge >= 0.3 is 6.09 Å². The zero-order valence-corrected chi connectivity index (χ0v) is 32.3. The highest BCUT2D eigenvalue weighted by molar-refractivity contribution is 8.15. The van der Waals surface area contributed by atoms with Crippen molar-refractivity contribution < 1.29 is 23.1 Å². The molecule has 0 saturated heterocycles. The largest absolute Gasteiger partial charge is 0.444 e. The Hall–Kier alpha value is -4.25. The fourth-order valence-corrected chi connectivity index (χ4v) is 12.6. The number of halogens is 1. The van der Waals surface area contributed by atoms with Crippen LogP contribution >= 0.6 is 11.8 Å². The van der Waals surface area contributed by atoms with Gasteiger partial charge in [-0.1, -0.05) is 136 Å². The van der Waals surface area contributed by atoms with E-state index in [1.807, 2.05) is 94.4 Å². The average molecular weight is 726 g/mol. The van der Waals surface area contributed by atoms with Crippen LogP contribution in [-0.2, 0) is 18.8 Å². The number of thioether (sulfide) groups is 1. The maximum absolute atomic E-state index is 15.1. The first kappa shape index (κ1) is 38.0. The van der Waals surface area contributed by atoms with Crippen LogP contribution < -0.4 is 15.7 Å². The Morgan fingerprint density at radius 2 is 1.43 bits per heavy atom. The van der Waals surface area contributed by atoms with Gasteiger partial charge in [-0.2, -0.15) is 5.10 Å². The molecule has 0 saturated carbocycles. The molecule has 1 heterocycles. The van der Waals surface area contributed by atoms with Crippen molar-refractivity contribution in [2.45, 2.75) is 82.9 Å². The first-order chi connectivity index (χ1) is 24.2. The van der Waals surface area contributed by atoms with Crippen molar-refractivity contribution in [2.24, 2.45) is 5.10 Å². The molecule has 0 bridgehead atoms. The van der Waals surface area contributed by atoms with Gasteiger partial charge in [0, 0.05) is 12.1 Å². The van der Waals surface area contributed by atoms with Crippen LogP contribution in [0.25, 0.3) is 0 Å². The van der Waals surface area contributed by atoms with Crippen LogP contribution in [0.4, 0.5) is 9.18 Å². The van der Waals surface area contributed by atoms with E-state index in [1.54, 1.807) is 17.1 Å². The standard InChI is InChI=1S/C41H48FN3O4SSi/c1-30(49-51(40(5,6)7,34-23-13-9-14-24-34)35-25-15-10-16-26-35)37(46)45-41(32-20-11-8-12-21-32,27-18-28-43-38(47)48-39(2,3)4)50-36(44-45)31-19-17-22-33(42)29-31/h8-17,19-26,29-30H,18,27-28H2,1-7H3,(H,43,47)/t30-,41+/m0/s1. The van der Waals surface area contributed by atoms with Crippen LogP contribution in [0.1, 0.15) is 72.4 Å². The molecule has 51 heavy (non-hydrogen) atoms. The minimum Gasteiger partial charge on any atom is -0.444 e. The van der Waals surface area contributed by atoms with Crippen LogP contribution in [0.5, 0.6) is 0 Å². The fraction of sp³-hybridized carbons (Fsp3) is 0.341. The van der Waals surface area contributed by atoms with Gasteiger partial charge in [-0.15, -0.1) is 0 Å². The Labute approximate surface area is 306 Å². The smallest absolute Gasteiger partial charge is 0.407 e. The number of amides is 2. The summed E-state index contributed by atoms with van der Waals surface area (Å²) in [6.45, 7) is 14.1. The van der Waals surface area contributed by atoms with Crippen LogP contribution in [0, 0.1) is 5.82 Å². The number of carbonyl (C=O) groups excluding carboxylic acids is 2. The first-order valence-electron chi connectivity index (χ1n) is 17.4. The molecule has 268 valence electrons. The summed E-state index contributed by atoms with van der Waals surface area (Å²) in [5.41, 5.74) is 0.797. The highest BCUT2D eigenvalue weighted by Crippen LogP contribution is 2.51. The van der Waals surface area contributed by atoms with Gasteiger partial charge in [-0.3, -0.25) is 4.79 Å². The third kappa shape index (κ3) is 8.46. The van der Waals surface area contributed by atoms with Crippen LogP contribution in [0.2, 0.25) is 5.04 Å². The number of ether oxygens (including phenoxy) is 1. The van der Waals surface area contributed by atoms with Gasteiger partial charge in [-0.25, -0.2) is 14.2 Å². The predicted molar refractivity (Wildman–Crippen MR) is 207 cm³/mol. The van der Waals surface area contributed by atoms with Gasteiger partial charge in [0.05, 0.1) is 0 Å². The van der Waals surface area contributed by atoms with Gasteiger partial charge in [0.15, 0.2) is 0 Å². The van der Waals surface area contributed by atoms with Crippen LogP contribution in [-0.4, -0.2) is 48.6 Å². The number of benzene rings is 4. The lowest BCUT2D eigenvalue weighted by Gasteiger charge is -2.45. The molecule has 2 atom stereocenters. The Morgan fingerprint density at radius 1 is 0.863 bits per heavy atom. The summed E-state index contributed by atoms with van der Waals surface area (Å²) in [6, 6.07) is 36.4. The molecule has 4 aromatic carbocycles. The molecule has 1 N–H and O–H groups in total. The molecule has 10 heteroatoms. The van der Waals surface area contributed by atoms with Crippen molar-refractivity contribution in [1.82, 2.24) is 10.3 Å². The molecule has 0 unspecified atom stereocenters. The number of hydrazone groups is 1. The average Bonchev–Trinajstić information content (AvgIpc) is 3.49. The summed E-state index contributed by atoms with van der Waals surface area (Å²) in [7, 11) is -3.12. The van der Waals surface area contributed by atoms with Crippen molar-refractivity contribution in [3.05, 3.63) is 132 Å². The monoisotopic (exact) mass is 725 g/mol. The van der Waals surface area contributed by atoms with Crippen molar-refractivity contribution in [2.75, 3.05) is 6.54 Å². The minimum atomic E-state index is -3.12. The lowest BCUT2D eigenvalue weighted by atomic mass is 9.99. The molecule has 7 nitrogen and oxygen atoms in total. The van der Waals surface area contributed by atoms with E-state index in [2.05, 4.69) is 50.4 Å². The van der Waals surface area contributed by atoms with E-state index in [9.17, 15) is 9.18 Å². The number of nitrogens with one attached hydrogen (secondary N) is 1. The van der Waals surface area contributed by atoms with Gasteiger partial charge in [0.1, 0.15) is 27.4 Å². The van der Waals surface area contributed by atoms with Crippen molar-refractivity contribution >= 4 is 47.5 Å². The molecule has 1 aliphatic rings. The van der Waals surface area contributed by atoms with E-state index in [-0.39, 0.29) is 10.9 Å². The third-order valence-corrected chi connectivity index (χ3v) is 15.4. The molecule has 2 amide bonds. The lowest BCUT2D eigenvalue weighted by molar-refractivity contribution is -0.142. The quantitative estimate of drug-likeness (QED) is 0.125. The van der Waals surface area contributed by atoms with Crippen molar-refractivity contribution in [3.8, 4) is 0 Å². The van der Waals surface area contributed by atoms with E-state index in [4.69, 9.17) is 14.3 Å². The maximum Gasteiger partial charge on any atom is 0.407 e. The molecule has 1 aliphatic heterocycles. The number of carbonyl (C=O) groups is 2. The lowest BCUT2D eigenvalue weighted by Crippen LogP contribution is -2.68. The molecule has 0 fully saturated rings. The Bertz CT molecular complexity index is 1790. The summed E-state index contributed by atoms with van der Waals surface area (Å²) in [6.07, 6.45) is -0.485. The summed E-state index contributed by atoms with van der Waals surface area (Å²) >= 11 is 1.41. The summed E-state index contributed by atoms with van der Waals surface area (Å²) in [4.78, 5) is 26.6. The second-order valence-electron chi connectivity index (χ2n) is 14.8. The Morgan fingerprint density at radius 3 is 1.96 bits per heavy atom. The van der Waals surface area contributed by atoms with Gasteiger partial charge in [0.25, 0.3) is 14.2 Å². The number of nitrogens with zero attached hydrogens (tertiary/aromatic N) is 2. The van der Waals surface area contributed by atoms with Crippen LogP contribution in [0.3, 0.4) is 0 Å². The van der Waals surface area contributed by atoms with Crippen molar-refractivity contribution in [1.29, 1.82) is 0 Å². The molecule has 0 radical (unpaired) electrons. The maximum atomic E-state index is 15.1. The van der Waals surface area contributed by atoms with Gasteiger partial charge < -0.3 is 14.5 Å². The highest BCUT2D eigenvalue weighted by atomic mass is 32.2. The fourth-order valence-electron chi connectivity index (χ4n) is 6.55. The molecular weight excluding hydrogens is 678 g/mol. The SMILES string of the molecule is C[C@H](O[Si](c1ccccc1)(c1ccccc1)C(C)(C)C)C(=O)N1N=C(c2cccc(F)c2)S[C@]1(CCCNC(=O)OC(C)(C)C)c1ccccc1. The molecule has 0 spiro atoms.